The molecule has 2 aromatic rings. The molecule has 0 saturated heterocycles. The van der Waals surface area contributed by atoms with Gasteiger partial charge in [0.25, 0.3) is 6.01 Å². The number of fused-ring (bicyclic) bond motifs is 1. The molecule has 14 heavy (non-hydrogen) atoms. The molecule has 4 heteroatoms. The first kappa shape index (κ1) is 9.52. The highest BCUT2D eigenvalue weighted by Crippen LogP contribution is 2.30. The molecule has 1 N–H and O–H groups in total. The molecular formula is C10H11BrN2O. The van der Waals surface area contributed by atoms with Crippen LogP contribution in [-0.4, -0.2) is 12.0 Å². The van der Waals surface area contributed by atoms with E-state index >= 15 is 0 Å². The highest BCUT2D eigenvalue weighted by atomic mass is 79.9. The van der Waals surface area contributed by atoms with E-state index in [1.807, 2.05) is 19.9 Å². The minimum absolute atomic E-state index is 0.556. The standard InChI is InChI=1S/C10H11BrN2O/c1-5-4-7-9(6(2)8(5)11)13-10(12-3)14-7/h4H,1-3H3,(H,12,13). The number of aromatic nitrogens is 1. The summed E-state index contributed by atoms with van der Waals surface area (Å²) in [7, 11) is 1.79. The molecule has 0 unspecified atom stereocenters. The van der Waals surface area contributed by atoms with Crippen LogP contribution in [0, 0.1) is 13.8 Å². The second-order valence-electron chi connectivity index (χ2n) is 3.25. The van der Waals surface area contributed by atoms with Crippen LogP contribution < -0.4 is 5.32 Å². The number of anilines is 1. The van der Waals surface area contributed by atoms with Crippen molar-refractivity contribution in [3.05, 3.63) is 21.7 Å². The van der Waals surface area contributed by atoms with E-state index in [9.17, 15) is 0 Å². The SMILES string of the molecule is CNc1nc2c(C)c(Br)c(C)cc2o1. The topological polar surface area (TPSA) is 38.1 Å². The largest absolute Gasteiger partial charge is 0.424 e. The molecule has 1 aromatic carbocycles. The second-order valence-corrected chi connectivity index (χ2v) is 4.04. The fraction of sp³-hybridized carbons (Fsp3) is 0.300. The van der Waals surface area contributed by atoms with Crippen LogP contribution in [0.4, 0.5) is 6.01 Å². The third-order valence-corrected chi connectivity index (χ3v) is 3.47. The van der Waals surface area contributed by atoms with Gasteiger partial charge in [0.2, 0.25) is 0 Å². The molecule has 1 heterocycles. The molecule has 0 aliphatic carbocycles. The number of nitrogens with zero attached hydrogens (tertiary/aromatic N) is 1. The van der Waals surface area contributed by atoms with E-state index in [1.165, 1.54) is 0 Å². The highest BCUT2D eigenvalue weighted by Gasteiger charge is 2.11. The Hall–Kier alpha value is -1.03. The summed E-state index contributed by atoms with van der Waals surface area (Å²) < 4.78 is 6.59. The van der Waals surface area contributed by atoms with Gasteiger partial charge >= 0.3 is 0 Å². The number of hydrogen-bond donors (Lipinski definition) is 1. The van der Waals surface area contributed by atoms with Crippen LogP contribution in [-0.2, 0) is 0 Å². The lowest BCUT2D eigenvalue weighted by Crippen LogP contribution is -1.86. The average Bonchev–Trinajstić information content (AvgIpc) is 2.57. The molecule has 0 aliphatic rings. The molecule has 0 saturated carbocycles. The Balaban J connectivity index is 2.81. The zero-order chi connectivity index (χ0) is 10.3. The van der Waals surface area contributed by atoms with E-state index in [1.54, 1.807) is 7.05 Å². The van der Waals surface area contributed by atoms with E-state index in [4.69, 9.17) is 4.42 Å². The smallest absolute Gasteiger partial charge is 0.295 e. The van der Waals surface area contributed by atoms with Gasteiger partial charge in [0.1, 0.15) is 5.52 Å². The van der Waals surface area contributed by atoms with Gasteiger partial charge in [-0.05, 0) is 31.0 Å². The predicted octanol–water partition coefficient (Wildman–Crippen LogP) is 3.25. The molecule has 0 bridgehead atoms. The summed E-state index contributed by atoms with van der Waals surface area (Å²) in [5.41, 5.74) is 4.01. The molecule has 3 nitrogen and oxygen atoms in total. The van der Waals surface area contributed by atoms with Crippen LogP contribution in [0.3, 0.4) is 0 Å². The Morgan fingerprint density at radius 1 is 1.43 bits per heavy atom. The maximum Gasteiger partial charge on any atom is 0.295 e. The van der Waals surface area contributed by atoms with Crippen molar-refractivity contribution >= 4 is 33.0 Å². The van der Waals surface area contributed by atoms with Crippen LogP contribution in [0.2, 0.25) is 0 Å². The van der Waals surface area contributed by atoms with Gasteiger partial charge < -0.3 is 9.73 Å². The van der Waals surface area contributed by atoms with Gasteiger partial charge in [-0.15, -0.1) is 0 Å². The van der Waals surface area contributed by atoms with Gasteiger partial charge in [0, 0.05) is 11.5 Å². The quantitative estimate of drug-likeness (QED) is 0.849. The van der Waals surface area contributed by atoms with Gasteiger partial charge in [-0.2, -0.15) is 4.98 Å². The van der Waals surface area contributed by atoms with Gasteiger partial charge in [-0.25, -0.2) is 0 Å². The Bertz CT molecular complexity index is 490. The maximum absolute atomic E-state index is 5.49. The van der Waals surface area contributed by atoms with Crippen molar-refractivity contribution in [2.75, 3.05) is 12.4 Å². The minimum Gasteiger partial charge on any atom is -0.424 e. The van der Waals surface area contributed by atoms with E-state index in [2.05, 4.69) is 26.2 Å². The Labute approximate surface area is 90.6 Å². The molecule has 2 rings (SSSR count). The van der Waals surface area contributed by atoms with Crippen molar-refractivity contribution in [2.45, 2.75) is 13.8 Å². The van der Waals surface area contributed by atoms with E-state index in [0.717, 1.165) is 26.7 Å². The Morgan fingerprint density at radius 2 is 2.14 bits per heavy atom. The third kappa shape index (κ3) is 1.30. The summed E-state index contributed by atoms with van der Waals surface area (Å²) in [5, 5.41) is 2.89. The van der Waals surface area contributed by atoms with E-state index < -0.39 is 0 Å². The second kappa shape index (κ2) is 3.28. The maximum atomic E-state index is 5.49. The lowest BCUT2D eigenvalue weighted by atomic mass is 10.1. The molecular weight excluding hydrogens is 244 g/mol. The summed E-state index contributed by atoms with van der Waals surface area (Å²) in [4.78, 5) is 4.32. The number of halogens is 1. The average molecular weight is 255 g/mol. The van der Waals surface area contributed by atoms with Crippen LogP contribution in [0.15, 0.2) is 15.0 Å². The summed E-state index contributed by atoms with van der Waals surface area (Å²) in [5.74, 6) is 0. The Kier molecular flexibility index (Phi) is 2.23. The predicted molar refractivity (Wildman–Crippen MR) is 60.7 cm³/mol. The number of nitrogens with one attached hydrogen (secondary N) is 1. The Morgan fingerprint density at radius 3 is 2.79 bits per heavy atom. The highest BCUT2D eigenvalue weighted by molar-refractivity contribution is 9.10. The van der Waals surface area contributed by atoms with Crippen molar-refractivity contribution in [1.82, 2.24) is 4.98 Å². The first-order valence-corrected chi connectivity index (χ1v) is 5.16. The molecule has 0 fully saturated rings. The molecule has 0 radical (unpaired) electrons. The monoisotopic (exact) mass is 254 g/mol. The molecule has 0 aliphatic heterocycles. The first-order chi connectivity index (χ1) is 6.63. The molecule has 0 atom stereocenters. The van der Waals surface area contributed by atoms with Gasteiger partial charge in [-0.1, -0.05) is 15.9 Å². The fourth-order valence-electron chi connectivity index (χ4n) is 1.47. The van der Waals surface area contributed by atoms with Gasteiger partial charge in [-0.3, -0.25) is 0 Å². The van der Waals surface area contributed by atoms with Gasteiger partial charge in [0.05, 0.1) is 0 Å². The molecule has 1 aromatic heterocycles. The molecule has 0 spiro atoms. The number of benzene rings is 1. The molecule has 74 valence electrons. The van der Waals surface area contributed by atoms with Crippen molar-refractivity contribution in [3.8, 4) is 0 Å². The molecule has 0 amide bonds. The van der Waals surface area contributed by atoms with Crippen molar-refractivity contribution in [2.24, 2.45) is 0 Å². The normalized spacial score (nSPS) is 10.9. The van der Waals surface area contributed by atoms with Crippen molar-refractivity contribution < 1.29 is 4.42 Å². The van der Waals surface area contributed by atoms with Crippen LogP contribution in [0.25, 0.3) is 11.1 Å². The lowest BCUT2D eigenvalue weighted by Gasteiger charge is -2.01. The first-order valence-electron chi connectivity index (χ1n) is 4.37. The third-order valence-electron chi connectivity index (χ3n) is 2.25. The number of oxazole rings is 1. The van der Waals surface area contributed by atoms with E-state index in [0.29, 0.717) is 6.01 Å². The number of hydrogen-bond acceptors (Lipinski definition) is 3. The van der Waals surface area contributed by atoms with Crippen molar-refractivity contribution in [1.29, 1.82) is 0 Å². The number of aryl methyl sites for hydroxylation is 2. The minimum atomic E-state index is 0.556. The van der Waals surface area contributed by atoms with Crippen molar-refractivity contribution in [3.63, 3.8) is 0 Å². The van der Waals surface area contributed by atoms with Gasteiger partial charge in [0.15, 0.2) is 5.58 Å². The summed E-state index contributed by atoms with van der Waals surface area (Å²) >= 11 is 3.53. The lowest BCUT2D eigenvalue weighted by molar-refractivity contribution is 0.620. The fourth-order valence-corrected chi connectivity index (χ4v) is 1.77. The van der Waals surface area contributed by atoms with Crippen LogP contribution in [0.1, 0.15) is 11.1 Å². The zero-order valence-corrected chi connectivity index (χ0v) is 9.90. The van der Waals surface area contributed by atoms with Crippen LogP contribution >= 0.6 is 15.9 Å². The zero-order valence-electron chi connectivity index (χ0n) is 8.31. The summed E-state index contributed by atoms with van der Waals surface area (Å²) in [6, 6.07) is 2.54. The number of rotatable bonds is 1. The van der Waals surface area contributed by atoms with E-state index in [-0.39, 0.29) is 0 Å². The summed E-state index contributed by atoms with van der Waals surface area (Å²) in [6.07, 6.45) is 0. The van der Waals surface area contributed by atoms with Crippen LogP contribution in [0.5, 0.6) is 0 Å². The summed E-state index contributed by atoms with van der Waals surface area (Å²) in [6.45, 7) is 4.07.